The molecule has 0 amide bonds. The highest BCUT2D eigenvalue weighted by molar-refractivity contribution is 8.77. The molecule has 3 nitrogen and oxygen atoms in total. The van der Waals surface area contributed by atoms with E-state index in [9.17, 15) is 4.79 Å². The van der Waals surface area contributed by atoms with Gasteiger partial charge in [-0.25, -0.2) is 0 Å². The molecule has 0 saturated heterocycles. The minimum atomic E-state index is -0.946. The first-order valence-corrected chi connectivity index (χ1v) is 5.44. The minimum absolute atomic E-state index is 0.435. The Balaban J connectivity index is 3.31. The molecule has 64 valence electrons. The summed E-state index contributed by atoms with van der Waals surface area (Å²) >= 11 is 0. The van der Waals surface area contributed by atoms with Gasteiger partial charge in [-0.1, -0.05) is 27.7 Å². The van der Waals surface area contributed by atoms with E-state index < -0.39 is 12.0 Å². The number of nitrogens with two attached hydrogens (primary N) is 1. The quantitative estimate of drug-likeness (QED) is 0.509. The SMILES string of the molecule is CC=CSSC[C@@H](N)C(=O)O. The van der Waals surface area contributed by atoms with E-state index in [1.807, 2.05) is 18.4 Å². The van der Waals surface area contributed by atoms with E-state index in [1.165, 1.54) is 21.6 Å². The first-order valence-electron chi connectivity index (χ1n) is 3.06. The number of carboxylic acids is 1. The molecular weight excluding hydrogens is 182 g/mol. The lowest BCUT2D eigenvalue weighted by atomic mass is 10.4. The van der Waals surface area contributed by atoms with Crippen LogP contribution in [0.3, 0.4) is 0 Å². The molecule has 0 aliphatic carbocycles. The van der Waals surface area contributed by atoms with E-state index in [-0.39, 0.29) is 0 Å². The third kappa shape index (κ3) is 6.28. The molecule has 3 N–H and O–H groups in total. The van der Waals surface area contributed by atoms with Crippen molar-refractivity contribution in [3.63, 3.8) is 0 Å². The molecule has 1 atom stereocenters. The van der Waals surface area contributed by atoms with Gasteiger partial charge in [0.1, 0.15) is 6.04 Å². The predicted octanol–water partition coefficient (Wildman–Crippen LogP) is 1.31. The summed E-state index contributed by atoms with van der Waals surface area (Å²) in [6, 6.07) is -0.752. The number of aliphatic carboxylic acids is 1. The Morgan fingerprint density at radius 3 is 2.91 bits per heavy atom. The van der Waals surface area contributed by atoms with E-state index in [1.54, 1.807) is 0 Å². The maximum Gasteiger partial charge on any atom is 0.321 e. The van der Waals surface area contributed by atoms with Crippen molar-refractivity contribution >= 4 is 27.6 Å². The lowest BCUT2D eigenvalue weighted by Crippen LogP contribution is -2.32. The van der Waals surface area contributed by atoms with Crippen molar-refractivity contribution < 1.29 is 9.90 Å². The van der Waals surface area contributed by atoms with Crippen LogP contribution in [0.15, 0.2) is 11.5 Å². The third-order valence-electron chi connectivity index (χ3n) is 0.824. The van der Waals surface area contributed by atoms with Gasteiger partial charge in [-0.15, -0.1) is 0 Å². The van der Waals surface area contributed by atoms with Crippen LogP contribution in [0, 0.1) is 0 Å². The molecule has 0 fully saturated rings. The van der Waals surface area contributed by atoms with Gasteiger partial charge in [-0.05, 0) is 12.3 Å². The average Bonchev–Trinajstić information content (AvgIpc) is 1.97. The molecule has 0 aromatic carbocycles. The first-order chi connectivity index (χ1) is 5.18. The fourth-order valence-electron chi connectivity index (χ4n) is 0.279. The van der Waals surface area contributed by atoms with Crippen molar-refractivity contribution in [1.29, 1.82) is 0 Å². The maximum atomic E-state index is 10.2. The van der Waals surface area contributed by atoms with E-state index in [0.717, 1.165) is 0 Å². The fraction of sp³-hybridized carbons (Fsp3) is 0.500. The van der Waals surface area contributed by atoms with Crippen molar-refractivity contribution in [3.8, 4) is 0 Å². The lowest BCUT2D eigenvalue weighted by molar-refractivity contribution is -0.137. The van der Waals surface area contributed by atoms with Crippen LogP contribution in [0.4, 0.5) is 0 Å². The molecule has 0 rings (SSSR count). The van der Waals surface area contributed by atoms with Gasteiger partial charge in [-0.3, -0.25) is 4.79 Å². The van der Waals surface area contributed by atoms with Gasteiger partial charge in [0.15, 0.2) is 0 Å². The summed E-state index contributed by atoms with van der Waals surface area (Å²) < 4.78 is 0. The Morgan fingerprint density at radius 2 is 2.45 bits per heavy atom. The van der Waals surface area contributed by atoms with Crippen molar-refractivity contribution in [2.45, 2.75) is 13.0 Å². The molecule has 5 heteroatoms. The smallest absolute Gasteiger partial charge is 0.321 e. The molecule has 0 saturated carbocycles. The zero-order valence-electron chi connectivity index (χ0n) is 6.19. The van der Waals surface area contributed by atoms with Gasteiger partial charge >= 0.3 is 5.97 Å². The van der Waals surface area contributed by atoms with E-state index in [4.69, 9.17) is 10.8 Å². The molecule has 11 heavy (non-hydrogen) atoms. The summed E-state index contributed by atoms with van der Waals surface area (Å²) in [6.45, 7) is 1.91. The average molecular weight is 193 g/mol. The molecule has 0 spiro atoms. The second-order valence-electron chi connectivity index (χ2n) is 1.79. The van der Waals surface area contributed by atoms with Crippen LogP contribution < -0.4 is 5.73 Å². The van der Waals surface area contributed by atoms with E-state index >= 15 is 0 Å². The highest BCUT2D eigenvalue weighted by Crippen LogP contribution is 2.22. The topological polar surface area (TPSA) is 63.3 Å². The molecule has 0 heterocycles. The maximum absolute atomic E-state index is 10.2. The van der Waals surface area contributed by atoms with Crippen LogP contribution in [0.5, 0.6) is 0 Å². The monoisotopic (exact) mass is 193 g/mol. The van der Waals surface area contributed by atoms with Crippen molar-refractivity contribution in [3.05, 3.63) is 11.5 Å². The molecule has 0 aliphatic rings. The molecule has 0 aromatic rings. The second-order valence-corrected chi connectivity index (χ2v) is 4.11. The Hall–Kier alpha value is -0.130. The van der Waals surface area contributed by atoms with Gasteiger partial charge in [0.2, 0.25) is 0 Å². The lowest BCUT2D eigenvalue weighted by Gasteiger charge is -2.02. The van der Waals surface area contributed by atoms with Crippen molar-refractivity contribution in [2.75, 3.05) is 5.75 Å². The largest absolute Gasteiger partial charge is 0.480 e. The number of carbonyl (C=O) groups is 1. The molecule has 0 unspecified atom stereocenters. The van der Waals surface area contributed by atoms with Gasteiger partial charge < -0.3 is 10.8 Å². The van der Waals surface area contributed by atoms with Crippen LogP contribution in [-0.4, -0.2) is 22.9 Å². The molecule has 0 aliphatic heterocycles. The highest BCUT2D eigenvalue weighted by atomic mass is 33.1. The standard InChI is InChI=1S/C6H11NO2S2/c1-2-3-10-11-4-5(7)6(8)9/h2-3,5H,4,7H2,1H3,(H,8,9)/t5-/m1/s1. The van der Waals surface area contributed by atoms with Gasteiger partial charge in [0.05, 0.1) is 0 Å². The zero-order chi connectivity index (χ0) is 8.69. The van der Waals surface area contributed by atoms with Crippen molar-refractivity contribution in [1.82, 2.24) is 0 Å². The molecule has 0 aromatic heterocycles. The normalized spacial score (nSPS) is 13.6. The summed E-state index contributed by atoms with van der Waals surface area (Å²) in [5.41, 5.74) is 5.24. The minimum Gasteiger partial charge on any atom is -0.480 e. The zero-order valence-corrected chi connectivity index (χ0v) is 7.82. The summed E-state index contributed by atoms with van der Waals surface area (Å²) in [4.78, 5) is 10.2. The predicted molar refractivity (Wildman–Crippen MR) is 50.5 cm³/mol. The highest BCUT2D eigenvalue weighted by Gasteiger charge is 2.09. The Morgan fingerprint density at radius 1 is 1.82 bits per heavy atom. The number of hydrogen-bond acceptors (Lipinski definition) is 4. The second kappa shape index (κ2) is 6.57. The van der Waals surface area contributed by atoms with Crippen LogP contribution in [0.2, 0.25) is 0 Å². The number of allylic oxidation sites excluding steroid dienone is 1. The van der Waals surface area contributed by atoms with Crippen molar-refractivity contribution in [2.24, 2.45) is 5.73 Å². The molecule has 0 radical (unpaired) electrons. The third-order valence-corrected chi connectivity index (χ3v) is 2.99. The van der Waals surface area contributed by atoms with Crippen LogP contribution in [-0.2, 0) is 4.79 Å². The van der Waals surface area contributed by atoms with Crippen LogP contribution in [0.25, 0.3) is 0 Å². The van der Waals surface area contributed by atoms with Gasteiger partial charge in [0, 0.05) is 5.75 Å². The van der Waals surface area contributed by atoms with Crippen LogP contribution >= 0.6 is 21.6 Å². The summed E-state index contributed by atoms with van der Waals surface area (Å²) in [7, 11) is 2.93. The Bertz CT molecular complexity index is 150. The number of rotatable bonds is 5. The van der Waals surface area contributed by atoms with Crippen LogP contribution in [0.1, 0.15) is 6.92 Å². The fourth-order valence-corrected chi connectivity index (χ4v) is 2.08. The van der Waals surface area contributed by atoms with Gasteiger partial charge in [0.25, 0.3) is 0 Å². The number of carboxylic acid groups (broad SMARTS) is 1. The van der Waals surface area contributed by atoms with Gasteiger partial charge in [-0.2, -0.15) is 0 Å². The number of hydrogen-bond donors (Lipinski definition) is 2. The molecular formula is C6H11NO2S2. The Labute approximate surface area is 73.8 Å². The first kappa shape index (κ1) is 10.9. The van der Waals surface area contributed by atoms with E-state index in [0.29, 0.717) is 5.75 Å². The summed E-state index contributed by atoms with van der Waals surface area (Å²) in [5.74, 6) is -0.511. The van der Waals surface area contributed by atoms with E-state index in [2.05, 4.69) is 0 Å². The summed E-state index contributed by atoms with van der Waals surface area (Å²) in [6.07, 6.45) is 1.89. The Kier molecular flexibility index (Phi) is 6.49. The molecule has 0 bridgehead atoms. The summed E-state index contributed by atoms with van der Waals surface area (Å²) in [5, 5.41) is 10.3.